The van der Waals surface area contributed by atoms with Gasteiger partial charge in [-0.15, -0.1) is 0 Å². The molecule has 10 heteroatoms. The summed E-state index contributed by atoms with van der Waals surface area (Å²) in [6.45, 7) is 0.189. The molecule has 1 fully saturated rings. The minimum Gasteiger partial charge on any atom is -0.497 e. The van der Waals surface area contributed by atoms with Gasteiger partial charge in [0.05, 0.1) is 12.7 Å². The maximum absolute atomic E-state index is 12.8. The quantitative estimate of drug-likeness (QED) is 0.413. The Balaban J connectivity index is 1.50. The van der Waals surface area contributed by atoms with Crippen LogP contribution in [0.4, 0.5) is 4.79 Å². The Labute approximate surface area is 181 Å². The van der Waals surface area contributed by atoms with Crippen LogP contribution in [0.3, 0.4) is 0 Å². The average Bonchev–Trinajstić information content (AvgIpc) is 3.38. The summed E-state index contributed by atoms with van der Waals surface area (Å²) in [5, 5.41) is 16.9. The highest BCUT2D eigenvalue weighted by atomic mass is 16.5. The highest BCUT2D eigenvalue weighted by molar-refractivity contribution is 6.10. The lowest BCUT2D eigenvalue weighted by atomic mass is 9.93. The highest BCUT2D eigenvalue weighted by Gasteiger charge is 2.46. The maximum atomic E-state index is 12.8. The second kappa shape index (κ2) is 7.12. The summed E-state index contributed by atoms with van der Waals surface area (Å²) >= 11 is 0. The number of rotatable bonds is 5. The van der Waals surface area contributed by atoms with Gasteiger partial charge in [-0.2, -0.15) is 0 Å². The number of aryl methyl sites for hydroxylation is 1. The molecule has 1 atom stereocenters. The van der Waals surface area contributed by atoms with E-state index in [1.54, 1.807) is 35.0 Å². The second-order valence-electron chi connectivity index (χ2n) is 7.53. The molecule has 10 nitrogen and oxygen atoms in total. The number of methoxy groups -OCH3 is 1. The van der Waals surface area contributed by atoms with Crippen LogP contribution in [0.15, 0.2) is 48.8 Å². The van der Waals surface area contributed by atoms with Crippen molar-refractivity contribution in [3.8, 4) is 11.6 Å². The molecule has 5 rings (SSSR count). The normalized spacial score (nSPS) is 20.9. The molecule has 0 unspecified atom stereocenters. The zero-order chi connectivity index (χ0) is 22.5. The van der Waals surface area contributed by atoms with Crippen LogP contribution in [0.1, 0.15) is 22.5 Å². The van der Waals surface area contributed by atoms with Gasteiger partial charge < -0.3 is 24.5 Å². The van der Waals surface area contributed by atoms with Gasteiger partial charge in [0, 0.05) is 36.1 Å². The minimum absolute atomic E-state index is 0.00766. The van der Waals surface area contributed by atoms with E-state index in [1.165, 1.54) is 19.4 Å². The van der Waals surface area contributed by atoms with Crippen LogP contribution in [0.2, 0.25) is 0 Å². The lowest BCUT2D eigenvalue weighted by Crippen LogP contribution is -2.46. The average molecular weight is 434 g/mol. The first kappa shape index (κ1) is 19.6. The van der Waals surface area contributed by atoms with E-state index in [9.17, 15) is 19.5 Å². The number of aromatic nitrogens is 2. The fourth-order valence-corrected chi connectivity index (χ4v) is 3.98. The molecule has 1 saturated heterocycles. The summed E-state index contributed by atoms with van der Waals surface area (Å²) in [7, 11) is 1.54. The number of cyclic esters (lactones) is 1. The predicted molar refractivity (Wildman–Crippen MR) is 112 cm³/mol. The topological polar surface area (TPSA) is 132 Å². The fourth-order valence-electron chi connectivity index (χ4n) is 3.98. The molecule has 162 valence electrons. The van der Waals surface area contributed by atoms with Crippen LogP contribution in [0.5, 0.6) is 11.6 Å². The van der Waals surface area contributed by atoms with Gasteiger partial charge in [0.25, 0.3) is 5.91 Å². The third-order valence-electron chi connectivity index (χ3n) is 5.63. The van der Waals surface area contributed by atoms with Crippen LogP contribution >= 0.6 is 0 Å². The Bertz CT molecular complexity index is 1330. The third-order valence-corrected chi connectivity index (χ3v) is 5.63. The van der Waals surface area contributed by atoms with Crippen LogP contribution in [-0.2, 0) is 16.1 Å². The molecule has 0 bridgehead atoms. The number of aromatic hydroxyl groups is 1. The Morgan fingerprint density at radius 2 is 2.12 bits per heavy atom. The van der Waals surface area contributed by atoms with E-state index in [0.29, 0.717) is 16.7 Å². The van der Waals surface area contributed by atoms with Crippen molar-refractivity contribution in [3.63, 3.8) is 0 Å². The number of pyridine rings is 1. The van der Waals surface area contributed by atoms with Gasteiger partial charge in [-0.25, -0.2) is 14.6 Å². The first-order valence-corrected chi connectivity index (χ1v) is 9.80. The number of hydrogen-bond acceptors (Lipinski definition) is 7. The molecule has 0 radical (unpaired) electrons. The van der Waals surface area contributed by atoms with E-state index < -0.39 is 23.4 Å². The molecule has 4 heterocycles. The van der Waals surface area contributed by atoms with E-state index in [4.69, 9.17) is 9.47 Å². The number of carbonyl (C=O) groups excluding carboxylic acids is 3. The summed E-state index contributed by atoms with van der Waals surface area (Å²) < 4.78 is 12.1. The largest absolute Gasteiger partial charge is 0.497 e. The van der Waals surface area contributed by atoms with Gasteiger partial charge in [0.2, 0.25) is 0 Å². The third kappa shape index (κ3) is 3.04. The highest BCUT2D eigenvalue weighted by Crippen LogP contribution is 2.34. The van der Waals surface area contributed by atoms with Gasteiger partial charge in [-0.1, -0.05) is 0 Å². The van der Waals surface area contributed by atoms with Crippen molar-refractivity contribution >= 4 is 34.4 Å². The molecule has 0 saturated carbocycles. The molecule has 3 amide bonds. The summed E-state index contributed by atoms with van der Waals surface area (Å²) in [5.41, 5.74) is -0.903. The minimum atomic E-state index is -1.48. The van der Waals surface area contributed by atoms with Crippen molar-refractivity contribution in [1.82, 2.24) is 20.2 Å². The number of amides is 3. The fraction of sp³-hybridized carbons (Fsp3) is 0.182. The zero-order valence-corrected chi connectivity index (χ0v) is 16.9. The summed E-state index contributed by atoms with van der Waals surface area (Å²) in [4.78, 5) is 40.9. The molecule has 1 aromatic carbocycles. The molecule has 0 spiro atoms. The van der Waals surface area contributed by atoms with Gasteiger partial charge in [-0.3, -0.25) is 10.1 Å². The number of benzene rings is 1. The van der Waals surface area contributed by atoms with E-state index in [2.05, 4.69) is 15.6 Å². The van der Waals surface area contributed by atoms with Crippen molar-refractivity contribution in [2.45, 2.75) is 18.5 Å². The number of esters is 1. The first-order chi connectivity index (χ1) is 15.4. The molecule has 2 aliphatic heterocycles. The number of urea groups is 1. The van der Waals surface area contributed by atoms with E-state index in [0.717, 1.165) is 5.39 Å². The summed E-state index contributed by atoms with van der Waals surface area (Å²) in [6.07, 6.45) is 4.72. The number of fused-ring (bicyclic) bond motifs is 2. The van der Waals surface area contributed by atoms with Crippen molar-refractivity contribution in [2.75, 3.05) is 7.11 Å². The van der Waals surface area contributed by atoms with E-state index in [-0.39, 0.29) is 30.3 Å². The Morgan fingerprint density at radius 1 is 1.28 bits per heavy atom. The molecule has 32 heavy (non-hydrogen) atoms. The number of ether oxygens (including phenoxy) is 2. The standard InChI is InChI=1S/C22H18N4O6/c1-31-13-5-4-12-11-26(18(27)15(12)9-13)8-6-22(20(29)24-21(30)25-22)10-16-14-3-2-7-23-17(14)19(28)32-16/h2-5,7,9-11,27H,6,8H2,1H3,(H2,24,25,29,30)/t22-/m0/s1. The Kier molecular flexibility index (Phi) is 4.36. The first-order valence-electron chi connectivity index (χ1n) is 9.80. The number of hydrogen-bond donors (Lipinski definition) is 3. The molecule has 2 aliphatic rings. The van der Waals surface area contributed by atoms with Crippen LogP contribution in [0.25, 0.3) is 16.5 Å². The maximum Gasteiger partial charge on any atom is 0.363 e. The van der Waals surface area contributed by atoms with Gasteiger partial charge in [0.15, 0.2) is 11.6 Å². The molecule has 3 N–H and O–H groups in total. The number of carbonyl (C=O) groups is 3. The van der Waals surface area contributed by atoms with Crippen LogP contribution in [-0.4, -0.2) is 45.2 Å². The molecule has 3 aromatic rings. The monoisotopic (exact) mass is 434 g/mol. The van der Waals surface area contributed by atoms with E-state index >= 15 is 0 Å². The summed E-state index contributed by atoms with van der Waals surface area (Å²) in [5.74, 6) is -0.462. The van der Waals surface area contributed by atoms with Crippen molar-refractivity contribution < 1.29 is 29.0 Å². The lowest BCUT2D eigenvalue weighted by molar-refractivity contribution is -0.122. The molecular formula is C22H18N4O6. The second-order valence-corrected chi connectivity index (χ2v) is 7.53. The lowest BCUT2D eigenvalue weighted by Gasteiger charge is -2.23. The van der Waals surface area contributed by atoms with Gasteiger partial charge >= 0.3 is 12.0 Å². The Hall–Kier alpha value is -4.34. The zero-order valence-electron chi connectivity index (χ0n) is 16.9. The molecule has 0 aliphatic carbocycles. The van der Waals surface area contributed by atoms with Crippen molar-refractivity contribution in [1.29, 1.82) is 0 Å². The van der Waals surface area contributed by atoms with E-state index in [1.807, 2.05) is 6.07 Å². The van der Waals surface area contributed by atoms with Gasteiger partial charge in [-0.05, 0) is 36.4 Å². The number of nitrogens with zero attached hydrogens (tertiary/aromatic N) is 2. The Morgan fingerprint density at radius 3 is 2.88 bits per heavy atom. The number of imide groups is 1. The van der Waals surface area contributed by atoms with Gasteiger partial charge in [0.1, 0.15) is 17.0 Å². The number of nitrogens with one attached hydrogen (secondary N) is 2. The van der Waals surface area contributed by atoms with Crippen molar-refractivity contribution in [3.05, 3.63) is 60.1 Å². The molecule has 2 aromatic heterocycles. The SMILES string of the molecule is COc1ccc2cn(CC[C@@]3(C=C4OC(=O)c5ncccc54)NC(=O)NC3=O)c(O)c2c1. The van der Waals surface area contributed by atoms with Crippen LogP contribution < -0.4 is 15.4 Å². The molecular weight excluding hydrogens is 416 g/mol. The van der Waals surface area contributed by atoms with Crippen molar-refractivity contribution in [2.24, 2.45) is 0 Å². The van der Waals surface area contributed by atoms with Crippen LogP contribution in [0, 0.1) is 0 Å². The predicted octanol–water partition coefficient (Wildman–Crippen LogP) is 1.93. The smallest absolute Gasteiger partial charge is 0.363 e. The summed E-state index contributed by atoms with van der Waals surface area (Å²) in [6, 6.07) is 7.95.